The number of Topliss-reactive ketones (excluding diaryl/α,β-unsaturated/α-hetero) is 1. The van der Waals surface area contributed by atoms with Crippen LogP contribution in [0.25, 0.3) is 0 Å². The number of carbonyl (C=O) groups is 1. The average Bonchev–Trinajstić information content (AvgIpc) is 2.15. The van der Waals surface area contributed by atoms with E-state index >= 15 is 0 Å². The van der Waals surface area contributed by atoms with Gasteiger partial charge in [0, 0.05) is 24.1 Å². The smallest absolute Gasteiger partial charge is 0.159 e. The van der Waals surface area contributed by atoms with Gasteiger partial charge in [0.25, 0.3) is 0 Å². The molecule has 0 aliphatic heterocycles. The van der Waals surface area contributed by atoms with Crippen LogP contribution in [0.4, 0.5) is 0 Å². The zero-order valence-corrected chi connectivity index (χ0v) is 9.47. The summed E-state index contributed by atoms with van der Waals surface area (Å²) in [6, 6.07) is 0.390. The largest absolute Gasteiger partial charge is 0.307 e. The van der Waals surface area contributed by atoms with E-state index in [0.717, 1.165) is 6.42 Å². The van der Waals surface area contributed by atoms with Crippen molar-refractivity contribution in [2.45, 2.75) is 45.7 Å². The third-order valence-electron chi connectivity index (χ3n) is 2.26. The van der Waals surface area contributed by atoms with Gasteiger partial charge >= 0.3 is 0 Å². The maximum Gasteiger partial charge on any atom is 0.159 e. The van der Waals surface area contributed by atoms with Crippen LogP contribution >= 0.6 is 0 Å². The van der Waals surface area contributed by atoms with Crippen LogP contribution in [0.5, 0.6) is 0 Å². The van der Waals surface area contributed by atoms with E-state index in [4.69, 9.17) is 0 Å². The van der Waals surface area contributed by atoms with Crippen LogP contribution in [-0.2, 0) is 4.79 Å². The minimum Gasteiger partial charge on any atom is -0.307 e. The molecule has 0 saturated heterocycles. The van der Waals surface area contributed by atoms with Crippen molar-refractivity contribution in [3.8, 4) is 0 Å². The lowest BCUT2D eigenvalue weighted by molar-refractivity contribution is -0.115. The highest BCUT2D eigenvalue weighted by molar-refractivity contribution is 5.95. The van der Waals surface area contributed by atoms with Gasteiger partial charge in [-0.15, -0.1) is 6.58 Å². The normalized spacial score (nSPS) is 14.5. The molecule has 0 aliphatic carbocycles. The molecule has 14 heavy (non-hydrogen) atoms. The molecule has 0 fully saturated rings. The Morgan fingerprint density at radius 1 is 1.50 bits per heavy atom. The van der Waals surface area contributed by atoms with Gasteiger partial charge in [-0.25, -0.2) is 0 Å². The molecule has 2 nitrogen and oxygen atoms in total. The molecule has 0 heterocycles. The first-order chi connectivity index (χ1) is 6.52. The third-order valence-corrected chi connectivity index (χ3v) is 2.26. The summed E-state index contributed by atoms with van der Waals surface area (Å²) in [4.78, 5) is 11.3. The molecular formula is C12H21NO. The fourth-order valence-corrected chi connectivity index (χ4v) is 1.31. The topological polar surface area (TPSA) is 29.1 Å². The molecule has 2 heteroatoms. The second-order valence-electron chi connectivity index (χ2n) is 3.62. The number of rotatable bonds is 7. The fraction of sp³-hybridized carbons (Fsp3) is 0.583. The SMILES string of the molecule is C=CCC(C)NC(C)C(=C)C(=O)CC. The standard InChI is InChI=1S/C12H21NO/c1-6-8-9(3)13-11(5)10(4)12(14)7-2/h6,9,11,13H,1,4,7-8H2,2-3,5H3. The Morgan fingerprint density at radius 2 is 2.07 bits per heavy atom. The Hall–Kier alpha value is -0.890. The minimum atomic E-state index is 0.0531. The Labute approximate surface area is 87.1 Å². The van der Waals surface area contributed by atoms with Crippen LogP contribution in [0, 0.1) is 0 Å². The van der Waals surface area contributed by atoms with Crippen molar-refractivity contribution in [1.82, 2.24) is 5.32 Å². The van der Waals surface area contributed by atoms with Gasteiger partial charge in [0.05, 0.1) is 0 Å². The lowest BCUT2D eigenvalue weighted by Gasteiger charge is -2.20. The molecule has 0 rings (SSSR count). The second kappa shape index (κ2) is 6.55. The number of hydrogen-bond acceptors (Lipinski definition) is 2. The Morgan fingerprint density at radius 3 is 2.50 bits per heavy atom. The molecule has 0 aromatic carbocycles. The predicted octanol–water partition coefficient (Wildman–Crippen LogP) is 2.46. The van der Waals surface area contributed by atoms with Gasteiger partial charge in [-0.2, -0.15) is 0 Å². The van der Waals surface area contributed by atoms with Crippen LogP contribution in [0.1, 0.15) is 33.6 Å². The molecule has 0 spiro atoms. The third kappa shape index (κ3) is 4.38. The van der Waals surface area contributed by atoms with E-state index in [1.54, 1.807) is 0 Å². The van der Waals surface area contributed by atoms with Crippen LogP contribution < -0.4 is 5.32 Å². The zero-order chi connectivity index (χ0) is 11.1. The first kappa shape index (κ1) is 13.1. The molecule has 0 amide bonds. The molecule has 2 unspecified atom stereocenters. The molecular weight excluding hydrogens is 174 g/mol. The van der Waals surface area contributed by atoms with Crippen LogP contribution in [0.2, 0.25) is 0 Å². The van der Waals surface area contributed by atoms with E-state index in [1.807, 2.05) is 19.9 Å². The summed E-state index contributed by atoms with van der Waals surface area (Å²) in [6.07, 6.45) is 3.30. The second-order valence-corrected chi connectivity index (χ2v) is 3.62. The van der Waals surface area contributed by atoms with Gasteiger partial charge in [0.2, 0.25) is 0 Å². The van der Waals surface area contributed by atoms with E-state index < -0.39 is 0 Å². The van der Waals surface area contributed by atoms with E-state index in [0.29, 0.717) is 18.0 Å². The highest BCUT2D eigenvalue weighted by Gasteiger charge is 2.14. The zero-order valence-electron chi connectivity index (χ0n) is 9.47. The highest BCUT2D eigenvalue weighted by atomic mass is 16.1. The summed E-state index contributed by atoms with van der Waals surface area (Å²) in [6.45, 7) is 13.4. The summed E-state index contributed by atoms with van der Waals surface area (Å²) in [5.74, 6) is 0.135. The molecule has 0 radical (unpaired) electrons. The van der Waals surface area contributed by atoms with E-state index in [-0.39, 0.29) is 11.8 Å². The summed E-state index contributed by atoms with van der Waals surface area (Å²) < 4.78 is 0. The van der Waals surface area contributed by atoms with Crippen LogP contribution in [0.3, 0.4) is 0 Å². The van der Waals surface area contributed by atoms with Crippen molar-refractivity contribution >= 4 is 5.78 Å². The molecule has 0 aliphatic rings. The molecule has 0 saturated carbocycles. The maximum absolute atomic E-state index is 11.3. The van der Waals surface area contributed by atoms with Crippen molar-refractivity contribution in [1.29, 1.82) is 0 Å². The minimum absolute atomic E-state index is 0.0531. The lowest BCUT2D eigenvalue weighted by atomic mass is 10.0. The molecule has 0 aromatic heterocycles. The summed E-state index contributed by atoms with van der Waals surface area (Å²) in [5, 5.41) is 3.30. The molecule has 80 valence electrons. The molecule has 2 atom stereocenters. The fourth-order valence-electron chi connectivity index (χ4n) is 1.31. The van der Waals surface area contributed by atoms with Gasteiger partial charge in [0.1, 0.15) is 0 Å². The predicted molar refractivity (Wildman–Crippen MR) is 61.3 cm³/mol. The highest BCUT2D eigenvalue weighted by Crippen LogP contribution is 2.05. The number of carbonyl (C=O) groups excluding carboxylic acids is 1. The van der Waals surface area contributed by atoms with Gasteiger partial charge in [-0.05, 0) is 20.3 Å². The van der Waals surface area contributed by atoms with Gasteiger partial charge in [-0.3, -0.25) is 4.79 Å². The molecule has 0 bridgehead atoms. The van der Waals surface area contributed by atoms with Crippen molar-refractivity contribution in [2.24, 2.45) is 0 Å². The lowest BCUT2D eigenvalue weighted by Crippen LogP contribution is -2.37. The first-order valence-electron chi connectivity index (χ1n) is 5.11. The maximum atomic E-state index is 11.3. The molecule has 1 N–H and O–H groups in total. The number of ketones is 1. The van der Waals surface area contributed by atoms with E-state index in [2.05, 4.69) is 25.4 Å². The quantitative estimate of drug-likeness (QED) is 0.499. The summed E-state index contributed by atoms with van der Waals surface area (Å²) in [5.41, 5.74) is 0.670. The summed E-state index contributed by atoms with van der Waals surface area (Å²) >= 11 is 0. The number of nitrogens with one attached hydrogen (secondary N) is 1. The Balaban J connectivity index is 4.06. The Bertz CT molecular complexity index is 220. The van der Waals surface area contributed by atoms with Crippen LogP contribution in [0.15, 0.2) is 24.8 Å². The van der Waals surface area contributed by atoms with Crippen molar-refractivity contribution in [2.75, 3.05) is 0 Å². The van der Waals surface area contributed by atoms with Crippen molar-refractivity contribution in [3.63, 3.8) is 0 Å². The van der Waals surface area contributed by atoms with Gasteiger partial charge in [0.15, 0.2) is 5.78 Å². The number of hydrogen-bond donors (Lipinski definition) is 1. The van der Waals surface area contributed by atoms with Gasteiger partial charge < -0.3 is 5.32 Å². The van der Waals surface area contributed by atoms with Gasteiger partial charge in [-0.1, -0.05) is 19.6 Å². The van der Waals surface area contributed by atoms with E-state index in [9.17, 15) is 4.79 Å². The monoisotopic (exact) mass is 195 g/mol. The summed E-state index contributed by atoms with van der Waals surface area (Å²) in [7, 11) is 0. The Kier molecular flexibility index (Phi) is 6.13. The van der Waals surface area contributed by atoms with Crippen LogP contribution in [-0.4, -0.2) is 17.9 Å². The van der Waals surface area contributed by atoms with E-state index in [1.165, 1.54) is 0 Å². The van der Waals surface area contributed by atoms with Crippen molar-refractivity contribution < 1.29 is 4.79 Å². The molecule has 0 aromatic rings. The van der Waals surface area contributed by atoms with Crippen molar-refractivity contribution in [3.05, 3.63) is 24.8 Å². The average molecular weight is 195 g/mol. The first-order valence-corrected chi connectivity index (χ1v) is 5.11.